The van der Waals surface area contributed by atoms with E-state index in [-0.39, 0.29) is 5.97 Å². The van der Waals surface area contributed by atoms with Crippen molar-refractivity contribution in [3.05, 3.63) is 86.9 Å². The van der Waals surface area contributed by atoms with Gasteiger partial charge in [0.15, 0.2) is 5.60 Å². The van der Waals surface area contributed by atoms with Crippen molar-refractivity contribution in [1.29, 1.82) is 0 Å². The summed E-state index contributed by atoms with van der Waals surface area (Å²) in [6.45, 7) is 2.02. The quantitative estimate of drug-likeness (QED) is 0.480. The number of nitrogens with zero attached hydrogens (tertiary/aromatic N) is 1. The van der Waals surface area contributed by atoms with E-state index in [0.29, 0.717) is 17.1 Å². The highest BCUT2D eigenvalue weighted by Gasteiger charge is 2.53. The zero-order chi connectivity index (χ0) is 19.6. The van der Waals surface area contributed by atoms with Gasteiger partial charge in [0, 0.05) is 47.0 Å². The lowest BCUT2D eigenvalue weighted by Gasteiger charge is -2.37. The summed E-state index contributed by atoms with van der Waals surface area (Å²) in [4.78, 5) is 14.8. The molecule has 0 saturated carbocycles. The van der Waals surface area contributed by atoms with Gasteiger partial charge in [-0.25, -0.2) is 4.79 Å². The van der Waals surface area contributed by atoms with Gasteiger partial charge in [0.1, 0.15) is 11.5 Å². The van der Waals surface area contributed by atoms with E-state index >= 15 is 0 Å². The zero-order valence-corrected chi connectivity index (χ0v) is 17.3. The SMILES string of the molecule is Cc1cc2c(cc1Br)Oc1cc(N(C)C)ccc1C21OC(=O)c2ccccc21. The molecule has 0 bridgehead atoms. The maximum atomic E-state index is 12.8. The second-order valence-corrected chi connectivity index (χ2v) is 8.25. The van der Waals surface area contributed by atoms with Gasteiger partial charge in [0.2, 0.25) is 0 Å². The molecule has 0 fully saturated rings. The topological polar surface area (TPSA) is 38.8 Å². The third-order valence-corrected chi connectivity index (χ3v) is 6.35. The molecule has 28 heavy (non-hydrogen) atoms. The van der Waals surface area contributed by atoms with Crippen LogP contribution in [0.3, 0.4) is 0 Å². The van der Waals surface area contributed by atoms with Crippen LogP contribution >= 0.6 is 15.9 Å². The van der Waals surface area contributed by atoms with Gasteiger partial charge < -0.3 is 14.4 Å². The Hall–Kier alpha value is -2.79. The number of carbonyl (C=O) groups excluding carboxylic acids is 1. The first-order chi connectivity index (χ1) is 13.4. The highest BCUT2D eigenvalue weighted by molar-refractivity contribution is 9.10. The number of ether oxygens (including phenoxy) is 2. The molecular formula is C23H18BrNO3. The first-order valence-electron chi connectivity index (χ1n) is 9.05. The van der Waals surface area contributed by atoms with E-state index in [1.54, 1.807) is 0 Å². The lowest BCUT2D eigenvalue weighted by atomic mass is 9.77. The number of anilines is 1. The molecule has 5 rings (SSSR count). The number of halogens is 1. The Morgan fingerprint density at radius 1 is 0.929 bits per heavy atom. The number of fused-ring (bicyclic) bond motifs is 6. The molecule has 0 N–H and O–H groups in total. The van der Waals surface area contributed by atoms with Crippen LogP contribution in [0.1, 0.15) is 32.6 Å². The zero-order valence-electron chi connectivity index (χ0n) is 15.7. The Bertz CT molecular complexity index is 1150. The second kappa shape index (κ2) is 5.85. The van der Waals surface area contributed by atoms with Crippen LogP contribution in [-0.4, -0.2) is 20.1 Å². The molecule has 5 heteroatoms. The number of carbonyl (C=O) groups is 1. The summed E-state index contributed by atoms with van der Waals surface area (Å²) in [5, 5.41) is 0. The summed E-state index contributed by atoms with van der Waals surface area (Å²) in [5.41, 5.74) is 4.19. The summed E-state index contributed by atoms with van der Waals surface area (Å²) in [7, 11) is 3.97. The smallest absolute Gasteiger partial charge is 0.340 e. The highest BCUT2D eigenvalue weighted by Crippen LogP contribution is 2.57. The fraction of sp³-hybridized carbons (Fsp3) is 0.174. The Morgan fingerprint density at radius 3 is 2.46 bits per heavy atom. The normalized spacial score (nSPS) is 18.8. The lowest BCUT2D eigenvalue weighted by molar-refractivity contribution is 0.0224. The van der Waals surface area contributed by atoms with E-state index < -0.39 is 5.60 Å². The molecule has 1 unspecified atom stereocenters. The van der Waals surface area contributed by atoms with Gasteiger partial charge in [0.05, 0.1) is 5.56 Å². The molecule has 2 aliphatic heterocycles. The molecular weight excluding hydrogens is 418 g/mol. The molecule has 3 aromatic carbocycles. The second-order valence-electron chi connectivity index (χ2n) is 7.39. The van der Waals surface area contributed by atoms with Gasteiger partial charge in [-0.15, -0.1) is 0 Å². The Kier molecular flexibility index (Phi) is 3.62. The molecule has 0 saturated heterocycles. The number of aryl methyl sites for hydroxylation is 1. The summed E-state index contributed by atoms with van der Waals surface area (Å²) in [6, 6.07) is 17.6. The fourth-order valence-electron chi connectivity index (χ4n) is 4.07. The van der Waals surface area contributed by atoms with E-state index in [9.17, 15) is 4.79 Å². The van der Waals surface area contributed by atoms with Gasteiger partial charge in [-0.3, -0.25) is 0 Å². The van der Waals surface area contributed by atoms with Crippen LogP contribution in [-0.2, 0) is 10.3 Å². The van der Waals surface area contributed by atoms with Gasteiger partial charge in [-0.2, -0.15) is 0 Å². The molecule has 2 aliphatic rings. The third-order valence-electron chi connectivity index (χ3n) is 5.49. The predicted molar refractivity (Wildman–Crippen MR) is 111 cm³/mol. The molecule has 2 heterocycles. The van der Waals surface area contributed by atoms with Crippen molar-refractivity contribution >= 4 is 27.6 Å². The molecule has 0 amide bonds. The minimum atomic E-state index is -1.01. The minimum Gasteiger partial charge on any atom is -0.456 e. The fourth-order valence-corrected chi connectivity index (χ4v) is 4.39. The van der Waals surface area contributed by atoms with E-state index in [1.807, 2.05) is 80.5 Å². The molecule has 1 spiro atoms. The van der Waals surface area contributed by atoms with E-state index in [2.05, 4.69) is 15.9 Å². The molecule has 4 nitrogen and oxygen atoms in total. The third kappa shape index (κ3) is 2.20. The van der Waals surface area contributed by atoms with Crippen LogP contribution in [0.25, 0.3) is 0 Å². The van der Waals surface area contributed by atoms with Crippen molar-refractivity contribution in [2.24, 2.45) is 0 Å². The van der Waals surface area contributed by atoms with Gasteiger partial charge >= 0.3 is 5.97 Å². The van der Waals surface area contributed by atoms with Gasteiger partial charge in [-0.05, 0) is 42.8 Å². The van der Waals surface area contributed by atoms with Crippen molar-refractivity contribution in [3.63, 3.8) is 0 Å². The molecule has 3 aromatic rings. The average molecular weight is 436 g/mol. The number of hydrogen-bond acceptors (Lipinski definition) is 4. The molecule has 0 aromatic heterocycles. The Balaban J connectivity index is 1.88. The summed E-state index contributed by atoms with van der Waals surface area (Å²) < 4.78 is 13.4. The van der Waals surface area contributed by atoms with Crippen molar-refractivity contribution in [2.75, 3.05) is 19.0 Å². The largest absolute Gasteiger partial charge is 0.456 e. The van der Waals surface area contributed by atoms with E-state index in [1.165, 1.54) is 0 Å². The minimum absolute atomic E-state index is 0.313. The van der Waals surface area contributed by atoms with Crippen molar-refractivity contribution < 1.29 is 14.3 Å². The lowest BCUT2D eigenvalue weighted by Crippen LogP contribution is -2.33. The first-order valence-corrected chi connectivity index (χ1v) is 9.84. The van der Waals surface area contributed by atoms with Crippen LogP contribution in [0.5, 0.6) is 11.5 Å². The van der Waals surface area contributed by atoms with Crippen LogP contribution in [0.15, 0.2) is 59.1 Å². The number of esters is 1. The first kappa shape index (κ1) is 17.3. The number of benzene rings is 3. The van der Waals surface area contributed by atoms with Gasteiger partial charge in [0.25, 0.3) is 0 Å². The van der Waals surface area contributed by atoms with Crippen molar-refractivity contribution in [1.82, 2.24) is 0 Å². The van der Waals surface area contributed by atoms with E-state index in [0.717, 1.165) is 32.4 Å². The maximum absolute atomic E-state index is 12.8. The maximum Gasteiger partial charge on any atom is 0.340 e. The van der Waals surface area contributed by atoms with Crippen LogP contribution < -0.4 is 9.64 Å². The molecule has 0 radical (unpaired) electrons. The summed E-state index contributed by atoms with van der Waals surface area (Å²) in [6.07, 6.45) is 0. The highest BCUT2D eigenvalue weighted by atomic mass is 79.9. The molecule has 1 atom stereocenters. The van der Waals surface area contributed by atoms with E-state index in [4.69, 9.17) is 9.47 Å². The standard InChI is InChI=1S/C23H18BrNO3/c1-13-10-18-21(12-19(13)24)27-20-11-14(25(2)3)8-9-17(20)23(18)16-7-5-4-6-15(16)22(26)28-23/h4-12H,1-3H3. The predicted octanol–water partition coefficient (Wildman–Crippen LogP) is 5.39. The monoisotopic (exact) mass is 435 g/mol. The summed E-state index contributed by atoms with van der Waals surface area (Å²) in [5.74, 6) is 1.07. The van der Waals surface area contributed by atoms with Crippen molar-refractivity contribution in [2.45, 2.75) is 12.5 Å². The van der Waals surface area contributed by atoms with Crippen molar-refractivity contribution in [3.8, 4) is 11.5 Å². The number of rotatable bonds is 1. The van der Waals surface area contributed by atoms with Gasteiger partial charge in [-0.1, -0.05) is 34.1 Å². The van der Waals surface area contributed by atoms with Crippen LogP contribution in [0.4, 0.5) is 5.69 Å². The Morgan fingerprint density at radius 2 is 1.68 bits per heavy atom. The Labute approximate surface area is 171 Å². The number of hydrogen-bond donors (Lipinski definition) is 0. The van der Waals surface area contributed by atoms with Crippen LogP contribution in [0, 0.1) is 6.92 Å². The van der Waals surface area contributed by atoms with Crippen LogP contribution in [0.2, 0.25) is 0 Å². The molecule has 140 valence electrons. The summed E-state index contributed by atoms with van der Waals surface area (Å²) >= 11 is 3.60. The molecule has 0 aliphatic carbocycles. The average Bonchev–Trinajstić information content (AvgIpc) is 2.97.